The summed E-state index contributed by atoms with van der Waals surface area (Å²) in [7, 11) is 0. The predicted molar refractivity (Wildman–Crippen MR) is 66.9 cm³/mol. The number of hydrogen-bond acceptors (Lipinski definition) is 2. The third-order valence-electron chi connectivity index (χ3n) is 2.88. The Labute approximate surface area is 97.3 Å². The molecule has 1 aliphatic rings. The van der Waals surface area contributed by atoms with Gasteiger partial charge in [0.1, 0.15) is 5.75 Å². The number of ether oxygens (including phenoxy) is 1. The molecule has 0 amide bonds. The van der Waals surface area contributed by atoms with Crippen molar-refractivity contribution in [3.8, 4) is 5.75 Å². The zero-order valence-corrected chi connectivity index (χ0v) is 9.83. The van der Waals surface area contributed by atoms with Gasteiger partial charge in [0.15, 0.2) is 0 Å². The second-order valence-electron chi connectivity index (χ2n) is 4.19. The Balaban J connectivity index is 1.80. The molecule has 86 valence electrons. The number of aryl methyl sites for hydroxylation is 1. The number of rotatable bonds is 4. The van der Waals surface area contributed by atoms with E-state index in [-0.39, 0.29) is 0 Å². The summed E-state index contributed by atoms with van der Waals surface area (Å²) in [6, 6.07) is 8.17. The minimum Gasteiger partial charge on any atom is -0.493 e. The van der Waals surface area contributed by atoms with Gasteiger partial charge in [-0.2, -0.15) is 0 Å². The maximum Gasteiger partial charge on any atom is 0.122 e. The molecule has 1 N–H and O–H groups in total. The summed E-state index contributed by atoms with van der Waals surface area (Å²) in [5.41, 5.74) is 2.68. The summed E-state index contributed by atoms with van der Waals surface area (Å²) in [5, 5.41) is 3.37. The van der Waals surface area contributed by atoms with E-state index in [0.717, 1.165) is 38.3 Å². The molecule has 2 heteroatoms. The lowest BCUT2D eigenvalue weighted by atomic mass is 10.1. The molecule has 1 aromatic carbocycles. The third kappa shape index (κ3) is 3.11. The second-order valence-corrected chi connectivity index (χ2v) is 4.19. The Hall–Kier alpha value is -1.28. The number of benzene rings is 1. The van der Waals surface area contributed by atoms with Gasteiger partial charge in [-0.1, -0.05) is 29.8 Å². The van der Waals surface area contributed by atoms with Crippen molar-refractivity contribution in [3.63, 3.8) is 0 Å². The van der Waals surface area contributed by atoms with E-state index in [1.54, 1.807) is 0 Å². The van der Waals surface area contributed by atoms with E-state index in [9.17, 15) is 0 Å². The molecule has 2 nitrogen and oxygen atoms in total. The molecule has 1 heterocycles. The molecule has 0 bridgehead atoms. The second kappa shape index (κ2) is 5.71. The summed E-state index contributed by atoms with van der Waals surface area (Å²) in [6.45, 7) is 4.99. The van der Waals surface area contributed by atoms with Crippen LogP contribution >= 0.6 is 0 Å². The fraction of sp³-hybridized carbons (Fsp3) is 0.429. The molecule has 0 aromatic heterocycles. The van der Waals surface area contributed by atoms with Gasteiger partial charge in [-0.3, -0.25) is 0 Å². The predicted octanol–water partition coefficient (Wildman–Crippen LogP) is 2.68. The van der Waals surface area contributed by atoms with Crippen LogP contribution < -0.4 is 10.1 Å². The molecule has 0 spiro atoms. The van der Waals surface area contributed by atoms with Crippen molar-refractivity contribution in [2.24, 2.45) is 0 Å². The Kier molecular flexibility index (Phi) is 4.00. The van der Waals surface area contributed by atoms with Crippen molar-refractivity contribution in [3.05, 3.63) is 41.5 Å². The lowest BCUT2D eigenvalue weighted by Gasteiger charge is -2.15. The fourth-order valence-corrected chi connectivity index (χ4v) is 1.90. The van der Waals surface area contributed by atoms with Crippen molar-refractivity contribution < 1.29 is 4.74 Å². The molecular weight excluding hydrogens is 198 g/mol. The lowest BCUT2D eigenvalue weighted by molar-refractivity contribution is 0.317. The average molecular weight is 217 g/mol. The number of nitrogens with one attached hydrogen (secondary N) is 1. The zero-order chi connectivity index (χ0) is 11.2. The van der Waals surface area contributed by atoms with Crippen molar-refractivity contribution in [1.82, 2.24) is 5.32 Å². The first-order valence-corrected chi connectivity index (χ1v) is 5.93. The van der Waals surface area contributed by atoms with Gasteiger partial charge in [-0.15, -0.1) is 0 Å². The van der Waals surface area contributed by atoms with Gasteiger partial charge in [0.2, 0.25) is 0 Å². The van der Waals surface area contributed by atoms with Crippen LogP contribution in [-0.2, 0) is 0 Å². The highest BCUT2D eigenvalue weighted by molar-refractivity contribution is 5.31. The minimum absolute atomic E-state index is 0.776. The Morgan fingerprint density at radius 3 is 2.94 bits per heavy atom. The van der Waals surface area contributed by atoms with E-state index in [2.05, 4.69) is 24.4 Å². The monoisotopic (exact) mass is 217 g/mol. The fourth-order valence-electron chi connectivity index (χ4n) is 1.90. The van der Waals surface area contributed by atoms with E-state index in [4.69, 9.17) is 4.74 Å². The molecule has 0 aliphatic carbocycles. The average Bonchev–Trinajstić information content (AvgIpc) is 2.33. The van der Waals surface area contributed by atoms with Gasteiger partial charge < -0.3 is 10.1 Å². The van der Waals surface area contributed by atoms with Crippen LogP contribution in [0.2, 0.25) is 0 Å². The topological polar surface area (TPSA) is 21.3 Å². The van der Waals surface area contributed by atoms with Crippen LogP contribution in [0.15, 0.2) is 35.9 Å². The standard InChI is InChI=1S/C14H19NO/c1-12-5-2-3-7-14(12)16-10-8-13-6-4-9-15-11-13/h2-3,5-7,15H,4,8-11H2,1H3. The van der Waals surface area contributed by atoms with Gasteiger partial charge in [0.25, 0.3) is 0 Å². The molecule has 0 saturated heterocycles. The smallest absolute Gasteiger partial charge is 0.122 e. The molecule has 0 unspecified atom stereocenters. The molecule has 2 rings (SSSR count). The Morgan fingerprint density at radius 2 is 2.19 bits per heavy atom. The zero-order valence-electron chi connectivity index (χ0n) is 9.83. The van der Waals surface area contributed by atoms with Crippen LogP contribution in [0.4, 0.5) is 0 Å². The van der Waals surface area contributed by atoms with E-state index in [1.807, 2.05) is 18.2 Å². The van der Waals surface area contributed by atoms with Gasteiger partial charge in [-0.25, -0.2) is 0 Å². The molecule has 0 saturated carbocycles. The number of para-hydroxylation sites is 1. The van der Waals surface area contributed by atoms with Crippen LogP contribution in [0, 0.1) is 6.92 Å². The van der Waals surface area contributed by atoms with Gasteiger partial charge in [0.05, 0.1) is 6.61 Å². The van der Waals surface area contributed by atoms with Gasteiger partial charge in [0, 0.05) is 13.0 Å². The van der Waals surface area contributed by atoms with Crippen molar-refractivity contribution in [1.29, 1.82) is 0 Å². The molecule has 0 atom stereocenters. The van der Waals surface area contributed by atoms with Gasteiger partial charge in [-0.05, 0) is 31.5 Å². The highest BCUT2D eigenvalue weighted by atomic mass is 16.5. The van der Waals surface area contributed by atoms with Crippen LogP contribution in [-0.4, -0.2) is 19.7 Å². The van der Waals surface area contributed by atoms with Gasteiger partial charge >= 0.3 is 0 Å². The maximum absolute atomic E-state index is 5.77. The highest BCUT2D eigenvalue weighted by Gasteiger charge is 2.03. The SMILES string of the molecule is Cc1ccccc1OCCC1=CCCNC1. The lowest BCUT2D eigenvalue weighted by Crippen LogP contribution is -2.23. The van der Waals surface area contributed by atoms with Crippen LogP contribution in [0.25, 0.3) is 0 Å². The first-order chi connectivity index (χ1) is 7.86. The summed E-state index contributed by atoms with van der Waals surface area (Å²) in [6.07, 6.45) is 4.51. The minimum atomic E-state index is 0.776. The van der Waals surface area contributed by atoms with Crippen LogP contribution in [0.5, 0.6) is 5.75 Å². The number of hydrogen-bond donors (Lipinski definition) is 1. The normalized spacial score (nSPS) is 15.7. The summed E-state index contributed by atoms with van der Waals surface area (Å²) >= 11 is 0. The molecular formula is C14H19NO. The molecule has 1 aromatic rings. The highest BCUT2D eigenvalue weighted by Crippen LogP contribution is 2.17. The first kappa shape index (κ1) is 11.2. The van der Waals surface area contributed by atoms with Crippen molar-refractivity contribution in [2.75, 3.05) is 19.7 Å². The first-order valence-electron chi connectivity index (χ1n) is 5.93. The van der Waals surface area contributed by atoms with Crippen LogP contribution in [0.3, 0.4) is 0 Å². The Bertz CT molecular complexity index is 371. The molecule has 16 heavy (non-hydrogen) atoms. The van der Waals surface area contributed by atoms with E-state index in [1.165, 1.54) is 11.1 Å². The molecule has 0 radical (unpaired) electrons. The Morgan fingerprint density at radius 1 is 1.31 bits per heavy atom. The van der Waals surface area contributed by atoms with E-state index in [0.29, 0.717) is 0 Å². The summed E-state index contributed by atoms with van der Waals surface area (Å²) in [4.78, 5) is 0. The maximum atomic E-state index is 5.77. The van der Waals surface area contributed by atoms with Crippen molar-refractivity contribution in [2.45, 2.75) is 19.8 Å². The third-order valence-corrected chi connectivity index (χ3v) is 2.88. The van der Waals surface area contributed by atoms with E-state index < -0.39 is 0 Å². The molecule has 0 fully saturated rings. The largest absolute Gasteiger partial charge is 0.493 e. The summed E-state index contributed by atoms with van der Waals surface area (Å²) in [5.74, 6) is 1.01. The van der Waals surface area contributed by atoms with Crippen molar-refractivity contribution >= 4 is 0 Å². The molecule has 1 aliphatic heterocycles. The van der Waals surface area contributed by atoms with Crippen LogP contribution in [0.1, 0.15) is 18.4 Å². The summed E-state index contributed by atoms with van der Waals surface area (Å²) < 4.78 is 5.77. The quantitative estimate of drug-likeness (QED) is 0.783. The van der Waals surface area contributed by atoms with E-state index >= 15 is 0 Å².